The number of nitrogens with two attached hydrogens (primary N) is 1. The van der Waals surface area contributed by atoms with Crippen LogP contribution in [0, 0.1) is 0 Å². The summed E-state index contributed by atoms with van der Waals surface area (Å²) >= 11 is 0. The molecular weight excluding hydrogens is 435 g/mol. The highest BCUT2D eigenvalue weighted by Crippen LogP contribution is 2.31. The fourth-order valence-corrected chi connectivity index (χ4v) is 4.97. The van der Waals surface area contributed by atoms with Gasteiger partial charge in [-0.2, -0.15) is 13.2 Å². The van der Waals surface area contributed by atoms with E-state index in [4.69, 9.17) is 5.73 Å². The van der Waals surface area contributed by atoms with Crippen molar-refractivity contribution in [2.24, 2.45) is 0 Å². The van der Waals surface area contributed by atoms with Gasteiger partial charge in [0.2, 0.25) is 0 Å². The predicted octanol–water partition coefficient (Wildman–Crippen LogP) is 2.83. The molecule has 2 aliphatic rings. The first-order chi connectivity index (χ1) is 15.8. The van der Waals surface area contributed by atoms with E-state index in [1.807, 2.05) is 6.07 Å². The van der Waals surface area contributed by atoms with Gasteiger partial charge in [-0.3, -0.25) is 4.57 Å². The molecule has 0 bridgehead atoms. The van der Waals surface area contributed by atoms with Crippen LogP contribution < -0.4 is 16.3 Å². The molecule has 3 aromatic rings. The number of fused-ring (bicyclic) bond motifs is 1. The van der Waals surface area contributed by atoms with Gasteiger partial charge in [0.05, 0.1) is 12.1 Å². The molecule has 176 valence electrons. The second-order valence-electron chi connectivity index (χ2n) is 8.82. The molecule has 0 spiro atoms. The number of anilines is 2. The Kier molecular flexibility index (Phi) is 5.51. The summed E-state index contributed by atoms with van der Waals surface area (Å²) in [6.07, 6.45) is 1.72. The number of nitrogen functional groups attached to an aromatic ring is 1. The van der Waals surface area contributed by atoms with Crippen LogP contribution in [0.25, 0.3) is 11.0 Å². The van der Waals surface area contributed by atoms with Crippen molar-refractivity contribution in [3.05, 3.63) is 46.1 Å². The van der Waals surface area contributed by atoms with Crippen LogP contribution in [0.15, 0.2) is 29.2 Å². The van der Waals surface area contributed by atoms with Gasteiger partial charge in [0.25, 0.3) is 0 Å². The van der Waals surface area contributed by atoms with Gasteiger partial charge in [-0.15, -0.1) is 0 Å². The molecule has 0 aliphatic carbocycles. The lowest BCUT2D eigenvalue weighted by atomic mass is 10.2. The van der Waals surface area contributed by atoms with Gasteiger partial charge < -0.3 is 20.5 Å². The minimum atomic E-state index is -4.66. The summed E-state index contributed by atoms with van der Waals surface area (Å²) in [4.78, 5) is 27.8. The number of rotatable bonds is 5. The third-order valence-corrected chi connectivity index (χ3v) is 6.57. The largest absolute Gasteiger partial charge is 0.433 e. The Hall–Kier alpha value is -3.08. The number of imidazole rings is 1. The van der Waals surface area contributed by atoms with Crippen LogP contribution in [0.5, 0.6) is 0 Å². The smallest absolute Gasteiger partial charge is 0.382 e. The SMILES string of the molecule is Nc1nc(C(F)(F)F)cc2c1[nH]c(=O)n2Cc1ccnc(N2CCC[C@H]2CN2CCCC2)c1. The third-order valence-electron chi connectivity index (χ3n) is 6.57. The van der Waals surface area contributed by atoms with Crippen molar-refractivity contribution >= 4 is 22.7 Å². The van der Waals surface area contributed by atoms with Crippen molar-refractivity contribution in [1.29, 1.82) is 0 Å². The van der Waals surface area contributed by atoms with E-state index in [2.05, 4.69) is 24.8 Å². The monoisotopic (exact) mass is 461 g/mol. The molecule has 2 saturated heterocycles. The number of aromatic amines is 1. The van der Waals surface area contributed by atoms with Crippen molar-refractivity contribution in [3.63, 3.8) is 0 Å². The Morgan fingerprint density at radius 2 is 1.94 bits per heavy atom. The number of hydrogen-bond acceptors (Lipinski definition) is 6. The van der Waals surface area contributed by atoms with Gasteiger partial charge in [0.1, 0.15) is 22.8 Å². The highest BCUT2D eigenvalue weighted by Gasteiger charge is 2.34. The lowest BCUT2D eigenvalue weighted by molar-refractivity contribution is -0.141. The second-order valence-corrected chi connectivity index (χ2v) is 8.82. The normalized spacial score (nSPS) is 19.7. The molecule has 2 fully saturated rings. The molecule has 0 radical (unpaired) electrons. The molecule has 1 atom stereocenters. The maximum Gasteiger partial charge on any atom is 0.433 e. The molecule has 0 unspecified atom stereocenters. The van der Waals surface area contributed by atoms with E-state index >= 15 is 0 Å². The second kappa shape index (κ2) is 8.36. The Bertz CT molecular complexity index is 1210. The van der Waals surface area contributed by atoms with Gasteiger partial charge in [0, 0.05) is 25.3 Å². The van der Waals surface area contributed by atoms with E-state index in [1.165, 1.54) is 17.4 Å². The number of H-pyrrole nitrogens is 1. The molecular formula is C22H26F3N7O. The minimum Gasteiger partial charge on any atom is -0.382 e. The summed E-state index contributed by atoms with van der Waals surface area (Å²) in [6.45, 7) is 4.30. The average molecular weight is 461 g/mol. The summed E-state index contributed by atoms with van der Waals surface area (Å²) in [7, 11) is 0. The van der Waals surface area contributed by atoms with Crippen LogP contribution in [-0.4, -0.2) is 56.6 Å². The number of alkyl halides is 3. The van der Waals surface area contributed by atoms with Crippen molar-refractivity contribution < 1.29 is 13.2 Å². The summed E-state index contributed by atoms with van der Waals surface area (Å²) in [6, 6.07) is 4.94. The molecule has 5 rings (SSSR count). The van der Waals surface area contributed by atoms with Crippen LogP contribution in [0.2, 0.25) is 0 Å². The van der Waals surface area contributed by atoms with Crippen LogP contribution >= 0.6 is 0 Å². The highest BCUT2D eigenvalue weighted by molar-refractivity contribution is 5.85. The third kappa shape index (κ3) is 4.29. The molecule has 0 amide bonds. The lowest BCUT2D eigenvalue weighted by Crippen LogP contribution is -2.39. The van der Waals surface area contributed by atoms with Gasteiger partial charge >= 0.3 is 11.9 Å². The van der Waals surface area contributed by atoms with E-state index in [-0.39, 0.29) is 23.4 Å². The molecule has 2 aliphatic heterocycles. The lowest BCUT2D eigenvalue weighted by Gasteiger charge is -2.29. The first-order valence-corrected chi connectivity index (χ1v) is 11.2. The Labute approximate surface area is 188 Å². The zero-order valence-electron chi connectivity index (χ0n) is 18.1. The van der Waals surface area contributed by atoms with Crippen molar-refractivity contribution in [3.8, 4) is 0 Å². The molecule has 33 heavy (non-hydrogen) atoms. The highest BCUT2D eigenvalue weighted by atomic mass is 19.4. The summed E-state index contributed by atoms with van der Waals surface area (Å²) in [5, 5.41) is 0. The van der Waals surface area contributed by atoms with Crippen LogP contribution in [0.3, 0.4) is 0 Å². The van der Waals surface area contributed by atoms with Crippen molar-refractivity contribution in [1.82, 2.24) is 24.4 Å². The van der Waals surface area contributed by atoms with E-state index in [0.717, 1.165) is 56.5 Å². The number of halogens is 3. The van der Waals surface area contributed by atoms with Crippen LogP contribution in [0.1, 0.15) is 36.9 Å². The number of pyridine rings is 2. The van der Waals surface area contributed by atoms with Gasteiger partial charge in [-0.1, -0.05) is 0 Å². The molecule has 3 aromatic heterocycles. The first kappa shape index (κ1) is 21.7. The maximum atomic E-state index is 13.2. The summed E-state index contributed by atoms with van der Waals surface area (Å²) in [5.41, 5.74) is 4.99. The quantitative estimate of drug-likeness (QED) is 0.607. The van der Waals surface area contributed by atoms with Crippen molar-refractivity contribution in [2.45, 2.75) is 44.4 Å². The summed E-state index contributed by atoms with van der Waals surface area (Å²) < 4.78 is 41.0. The van der Waals surface area contributed by atoms with E-state index in [1.54, 1.807) is 12.3 Å². The number of hydrogen-bond donors (Lipinski definition) is 2. The standard InChI is InChI=1S/C22H26F3N7O/c23-22(24,25)17-11-16-19(20(26)28-17)29-21(33)32(16)12-14-5-6-27-18(10-14)31-9-3-4-15(31)13-30-7-1-2-8-30/h5-6,10-11,15H,1-4,7-9,12-13H2,(H2,26,28)(H,29,33)/t15-/m0/s1. The van der Waals surface area contributed by atoms with Crippen molar-refractivity contribution in [2.75, 3.05) is 36.8 Å². The minimum absolute atomic E-state index is 0.0752. The number of aromatic nitrogens is 4. The molecule has 3 N–H and O–H groups in total. The molecule has 0 saturated carbocycles. The summed E-state index contributed by atoms with van der Waals surface area (Å²) in [5.74, 6) is 0.479. The fraction of sp³-hybridized carbons (Fsp3) is 0.500. The van der Waals surface area contributed by atoms with E-state index in [9.17, 15) is 18.0 Å². The van der Waals surface area contributed by atoms with Gasteiger partial charge in [0.15, 0.2) is 0 Å². The molecule has 5 heterocycles. The van der Waals surface area contributed by atoms with Gasteiger partial charge in [-0.25, -0.2) is 14.8 Å². The number of nitrogens with one attached hydrogen (secondary N) is 1. The molecule has 8 nitrogen and oxygen atoms in total. The maximum absolute atomic E-state index is 13.2. The number of likely N-dealkylation sites (tertiary alicyclic amines) is 1. The molecule has 0 aromatic carbocycles. The Morgan fingerprint density at radius 1 is 1.15 bits per heavy atom. The zero-order valence-corrected chi connectivity index (χ0v) is 18.1. The van der Waals surface area contributed by atoms with Crippen LogP contribution in [0.4, 0.5) is 24.8 Å². The zero-order chi connectivity index (χ0) is 23.2. The first-order valence-electron chi connectivity index (χ1n) is 11.2. The molecule has 11 heteroatoms. The Balaban J connectivity index is 1.43. The predicted molar refractivity (Wildman–Crippen MR) is 119 cm³/mol. The van der Waals surface area contributed by atoms with E-state index < -0.39 is 17.6 Å². The topological polar surface area (TPSA) is 96.1 Å². The van der Waals surface area contributed by atoms with Gasteiger partial charge in [-0.05, 0) is 62.5 Å². The van der Waals surface area contributed by atoms with E-state index in [0.29, 0.717) is 6.04 Å². The number of nitrogens with zero attached hydrogens (tertiary/aromatic N) is 5. The average Bonchev–Trinajstić information content (AvgIpc) is 3.51. The van der Waals surface area contributed by atoms with Crippen LogP contribution in [-0.2, 0) is 12.7 Å². The fourth-order valence-electron chi connectivity index (χ4n) is 4.97. The Morgan fingerprint density at radius 3 is 2.70 bits per heavy atom.